The van der Waals surface area contributed by atoms with Crippen LogP contribution < -0.4 is 4.90 Å². The Balaban J connectivity index is 1.76. The Morgan fingerprint density at radius 2 is 1.88 bits per heavy atom. The van der Waals surface area contributed by atoms with Crippen molar-refractivity contribution >= 4 is 50.9 Å². The molecule has 8 nitrogen and oxygen atoms in total. The van der Waals surface area contributed by atoms with Crippen LogP contribution in [0.25, 0.3) is 0 Å². The summed E-state index contributed by atoms with van der Waals surface area (Å²) < 4.78 is 6.69. The van der Waals surface area contributed by atoms with Gasteiger partial charge in [-0.2, -0.15) is 0 Å². The number of fused-ring (bicyclic) bond motifs is 1. The summed E-state index contributed by atoms with van der Waals surface area (Å²) >= 11 is 10.3. The molecule has 0 saturated carbocycles. The van der Waals surface area contributed by atoms with Crippen LogP contribution in [0.1, 0.15) is 45.4 Å². The molecule has 3 aliphatic rings. The van der Waals surface area contributed by atoms with Gasteiger partial charge in [0.25, 0.3) is 5.91 Å². The van der Waals surface area contributed by atoms with Gasteiger partial charge in [0.05, 0.1) is 28.6 Å². The van der Waals surface area contributed by atoms with Gasteiger partial charge in [0.2, 0.25) is 11.8 Å². The number of aliphatic hydroxyl groups excluding tert-OH is 1. The lowest BCUT2D eigenvalue weighted by Gasteiger charge is -2.37. The van der Waals surface area contributed by atoms with Crippen molar-refractivity contribution in [2.24, 2.45) is 11.8 Å². The van der Waals surface area contributed by atoms with Crippen molar-refractivity contribution < 1.29 is 24.2 Å². The van der Waals surface area contributed by atoms with Crippen molar-refractivity contribution in [3.8, 4) is 0 Å². The number of unbranched alkanes of at least 4 members (excludes halogenated alkanes) is 3. The predicted octanol–water partition coefficient (Wildman–Crippen LogP) is 4.58. The number of hydrogen-bond donors (Lipinski definition) is 1. The maximum Gasteiger partial charge on any atom is 0.253 e. The number of hydrogen-bond acceptors (Lipinski definition) is 5. The monoisotopic (exact) mass is 649 g/mol. The second kappa shape index (κ2) is 13.8. The molecule has 1 spiro atoms. The van der Waals surface area contributed by atoms with Crippen LogP contribution in [0.5, 0.6) is 0 Å². The van der Waals surface area contributed by atoms with E-state index in [1.54, 1.807) is 45.1 Å². The van der Waals surface area contributed by atoms with E-state index >= 15 is 0 Å². The number of para-hydroxylation sites is 1. The van der Waals surface area contributed by atoms with Crippen LogP contribution in [-0.2, 0) is 19.1 Å². The molecule has 0 aromatic heterocycles. The van der Waals surface area contributed by atoms with Crippen LogP contribution in [0.2, 0.25) is 5.02 Å². The van der Waals surface area contributed by atoms with Crippen LogP contribution in [0.4, 0.5) is 5.69 Å². The fourth-order valence-electron chi connectivity index (χ4n) is 6.86. The highest BCUT2D eigenvalue weighted by Crippen LogP contribution is 2.60. The molecule has 6 atom stereocenters. The molecule has 2 bridgehead atoms. The van der Waals surface area contributed by atoms with Gasteiger partial charge in [-0.15, -0.1) is 13.2 Å². The smallest absolute Gasteiger partial charge is 0.253 e. The van der Waals surface area contributed by atoms with Gasteiger partial charge in [-0.25, -0.2) is 0 Å². The number of rotatable bonds is 15. The van der Waals surface area contributed by atoms with Crippen molar-refractivity contribution in [3.63, 3.8) is 0 Å². The quantitative estimate of drug-likeness (QED) is 0.171. The molecular weight excluding hydrogens is 610 g/mol. The van der Waals surface area contributed by atoms with Gasteiger partial charge in [0, 0.05) is 37.6 Å². The number of carbonyl (C=O) groups is 3. The van der Waals surface area contributed by atoms with Gasteiger partial charge in [-0.3, -0.25) is 14.4 Å². The third kappa shape index (κ3) is 5.88. The van der Waals surface area contributed by atoms with E-state index in [2.05, 4.69) is 29.1 Å². The van der Waals surface area contributed by atoms with Gasteiger partial charge < -0.3 is 24.5 Å². The first-order valence-electron chi connectivity index (χ1n) is 14.6. The van der Waals surface area contributed by atoms with Crippen LogP contribution in [0.3, 0.4) is 0 Å². The number of alkyl halides is 1. The van der Waals surface area contributed by atoms with Crippen molar-refractivity contribution in [1.82, 2.24) is 9.80 Å². The summed E-state index contributed by atoms with van der Waals surface area (Å²) in [7, 11) is 0. The molecular formula is C31H41BrClN3O5. The summed E-state index contributed by atoms with van der Waals surface area (Å²) in [6.07, 6.45) is 7.01. The normalized spacial score (nSPS) is 28.0. The van der Waals surface area contributed by atoms with Gasteiger partial charge in [-0.1, -0.05) is 71.6 Å². The summed E-state index contributed by atoms with van der Waals surface area (Å²) in [5.41, 5.74) is -0.615. The minimum absolute atomic E-state index is 0.119. The Morgan fingerprint density at radius 3 is 2.54 bits per heavy atom. The largest absolute Gasteiger partial charge is 0.396 e. The van der Waals surface area contributed by atoms with Crippen molar-refractivity contribution in [3.05, 3.63) is 54.6 Å². The molecule has 4 rings (SSSR count). The second-order valence-electron chi connectivity index (χ2n) is 11.1. The van der Waals surface area contributed by atoms with Crippen LogP contribution in [0.15, 0.2) is 49.6 Å². The van der Waals surface area contributed by atoms with Gasteiger partial charge in [0.15, 0.2) is 0 Å². The molecule has 3 unspecified atom stereocenters. The number of amides is 3. The number of aliphatic hydroxyl groups is 1. The number of ether oxygens (including phenoxy) is 1. The summed E-state index contributed by atoms with van der Waals surface area (Å²) in [5, 5.41) is 9.60. The number of nitrogens with zero attached hydrogens (tertiary/aromatic N) is 3. The highest BCUT2D eigenvalue weighted by Gasteiger charge is 2.76. The highest BCUT2D eigenvalue weighted by atomic mass is 79.9. The number of halogens is 2. The van der Waals surface area contributed by atoms with Crippen molar-refractivity contribution in [2.75, 3.05) is 37.7 Å². The van der Waals surface area contributed by atoms with E-state index in [4.69, 9.17) is 16.3 Å². The first-order chi connectivity index (χ1) is 19.8. The van der Waals surface area contributed by atoms with Gasteiger partial charge in [0.1, 0.15) is 11.6 Å². The zero-order valence-electron chi connectivity index (χ0n) is 23.7. The Bertz CT molecular complexity index is 1150. The van der Waals surface area contributed by atoms with Crippen molar-refractivity contribution in [2.45, 2.75) is 68.0 Å². The number of likely N-dealkylation sites (tertiary alicyclic amines) is 1. The molecule has 3 heterocycles. The molecule has 41 heavy (non-hydrogen) atoms. The summed E-state index contributed by atoms with van der Waals surface area (Å²) in [4.78, 5) is 47.7. The maximum absolute atomic E-state index is 14.6. The predicted molar refractivity (Wildman–Crippen MR) is 164 cm³/mol. The molecule has 1 aromatic carbocycles. The number of benzene rings is 1. The van der Waals surface area contributed by atoms with Crippen LogP contribution in [-0.4, -0.2) is 88.0 Å². The molecule has 3 aliphatic heterocycles. The summed E-state index contributed by atoms with van der Waals surface area (Å²) in [6.45, 7) is 11.3. The van der Waals surface area contributed by atoms with E-state index in [1.165, 1.54) is 0 Å². The Labute approximate surface area is 256 Å². The highest BCUT2D eigenvalue weighted by molar-refractivity contribution is 9.09. The molecule has 3 fully saturated rings. The summed E-state index contributed by atoms with van der Waals surface area (Å²) in [5.74, 6) is -2.10. The molecule has 0 aliphatic carbocycles. The fourth-order valence-corrected chi connectivity index (χ4v) is 8.04. The molecule has 10 heteroatoms. The molecule has 3 saturated heterocycles. The van der Waals surface area contributed by atoms with Crippen molar-refractivity contribution in [1.29, 1.82) is 0 Å². The Kier molecular flexibility index (Phi) is 10.7. The summed E-state index contributed by atoms with van der Waals surface area (Å²) in [6, 6.07) is 6.19. The minimum Gasteiger partial charge on any atom is -0.396 e. The lowest BCUT2D eigenvalue weighted by atomic mass is 9.70. The lowest BCUT2D eigenvalue weighted by molar-refractivity contribution is -0.145. The van der Waals surface area contributed by atoms with Gasteiger partial charge in [-0.05, 0) is 37.8 Å². The van der Waals surface area contributed by atoms with E-state index in [0.29, 0.717) is 49.6 Å². The molecule has 1 N–H and O–H groups in total. The topological polar surface area (TPSA) is 90.4 Å². The standard InChI is InChI=1S/C31H41BrClN3O5/c1-4-15-34(16-5-2)28(38)24-25-29(39)36(18-11-7-8-12-19-37)27(31(25)20-21(32)26(24)41-31)30(40)35(17-6-3)23-14-10-9-13-22(23)33/h4,6,9-10,13-14,21,24-27,37H,1,3,5,7-8,11-12,15-20H2,2H3/t21?,24-,25+,26-,27?,31?/m1/s1. The lowest BCUT2D eigenvalue weighted by Crippen LogP contribution is -2.57. The van der Waals surface area contributed by atoms with E-state index in [1.807, 2.05) is 13.0 Å². The molecule has 3 amide bonds. The van der Waals surface area contributed by atoms with E-state index in [-0.39, 0.29) is 35.7 Å². The Morgan fingerprint density at radius 1 is 1.17 bits per heavy atom. The fraction of sp³-hybridized carbons (Fsp3) is 0.581. The number of carbonyl (C=O) groups excluding carboxylic acids is 3. The molecule has 0 radical (unpaired) electrons. The van der Waals surface area contributed by atoms with Gasteiger partial charge >= 0.3 is 0 Å². The second-order valence-corrected chi connectivity index (χ2v) is 12.7. The first-order valence-corrected chi connectivity index (χ1v) is 15.9. The average molecular weight is 651 g/mol. The molecule has 1 aromatic rings. The van der Waals surface area contributed by atoms with E-state index in [0.717, 1.165) is 19.3 Å². The SMILES string of the molecule is C=CCN(CCC)C(=O)[C@H]1[C@@H]2OC3(CC2Br)C(C(=O)N(CC=C)c2ccccc2Cl)N(CCCCCCO)C(=O)[C@H]13. The maximum atomic E-state index is 14.6. The number of anilines is 1. The third-order valence-corrected chi connectivity index (χ3v) is 9.66. The zero-order chi connectivity index (χ0) is 29.7. The average Bonchev–Trinajstić information content (AvgIpc) is 3.54. The Hall–Kier alpha value is -2.20. The first kappa shape index (κ1) is 31.7. The van der Waals surface area contributed by atoms with E-state index in [9.17, 15) is 19.5 Å². The third-order valence-electron chi connectivity index (χ3n) is 8.49. The van der Waals surface area contributed by atoms with E-state index < -0.39 is 29.6 Å². The zero-order valence-corrected chi connectivity index (χ0v) is 26.1. The minimum atomic E-state index is -1.15. The van der Waals surface area contributed by atoms with Crippen LogP contribution in [0, 0.1) is 11.8 Å². The van der Waals surface area contributed by atoms with Crippen LogP contribution >= 0.6 is 27.5 Å². The molecule has 224 valence electrons.